The lowest BCUT2D eigenvalue weighted by molar-refractivity contribution is -0.137. The van der Waals surface area contributed by atoms with Crippen LogP contribution in [-0.2, 0) is 6.18 Å². The Labute approximate surface area is 95.8 Å². The maximum atomic E-state index is 12.5. The van der Waals surface area contributed by atoms with Gasteiger partial charge < -0.3 is 15.4 Å². The van der Waals surface area contributed by atoms with Gasteiger partial charge in [0.05, 0.1) is 18.4 Å². The summed E-state index contributed by atoms with van der Waals surface area (Å²) in [5.41, 5.74) is -0.897. The third-order valence-electron chi connectivity index (χ3n) is 2.00. The van der Waals surface area contributed by atoms with Gasteiger partial charge in [0, 0.05) is 7.05 Å². The van der Waals surface area contributed by atoms with Gasteiger partial charge in [-0.2, -0.15) is 13.2 Å². The number of nitrogens with one attached hydrogen (secondary N) is 2. The van der Waals surface area contributed by atoms with E-state index in [4.69, 9.17) is 4.74 Å². The fourth-order valence-electron chi connectivity index (χ4n) is 1.17. The Morgan fingerprint density at radius 2 is 2.00 bits per heavy atom. The topological polar surface area (TPSA) is 50.4 Å². The van der Waals surface area contributed by atoms with Crippen LogP contribution in [-0.4, -0.2) is 20.2 Å². The SMILES string of the molecule is CNC(=O)Nc1cc(C(F)(F)F)ccc1OC. The van der Waals surface area contributed by atoms with E-state index in [-0.39, 0.29) is 11.4 Å². The van der Waals surface area contributed by atoms with Crippen molar-refractivity contribution in [2.24, 2.45) is 0 Å². The first-order chi connectivity index (χ1) is 7.88. The summed E-state index contributed by atoms with van der Waals surface area (Å²) in [4.78, 5) is 11.1. The number of methoxy groups -OCH3 is 1. The summed E-state index contributed by atoms with van der Waals surface area (Å²) in [5, 5.41) is 4.48. The molecule has 0 saturated carbocycles. The molecular weight excluding hydrogens is 237 g/mol. The molecule has 1 aromatic rings. The minimum atomic E-state index is -4.47. The Balaban J connectivity index is 3.11. The van der Waals surface area contributed by atoms with Crippen LogP contribution in [0.3, 0.4) is 0 Å². The third kappa shape index (κ3) is 3.27. The second-order valence-corrected chi connectivity index (χ2v) is 3.12. The number of carbonyl (C=O) groups excluding carboxylic acids is 1. The molecule has 0 unspecified atom stereocenters. The van der Waals surface area contributed by atoms with E-state index in [1.54, 1.807) is 0 Å². The standard InChI is InChI=1S/C10H11F3N2O2/c1-14-9(16)15-7-5-6(10(11,12)13)3-4-8(7)17-2/h3-5H,1-2H3,(H2,14,15,16). The Hall–Kier alpha value is -1.92. The molecule has 0 aliphatic heterocycles. The second-order valence-electron chi connectivity index (χ2n) is 3.12. The van der Waals surface area contributed by atoms with Crippen molar-refractivity contribution in [1.82, 2.24) is 5.32 Å². The van der Waals surface area contributed by atoms with Gasteiger partial charge in [-0.3, -0.25) is 0 Å². The molecule has 0 fully saturated rings. The molecule has 1 rings (SSSR count). The van der Waals surface area contributed by atoms with Crippen molar-refractivity contribution >= 4 is 11.7 Å². The van der Waals surface area contributed by atoms with Crippen LogP contribution in [0.15, 0.2) is 18.2 Å². The molecule has 0 spiro atoms. The Kier molecular flexibility index (Phi) is 3.82. The molecule has 0 aliphatic carbocycles. The molecule has 0 heterocycles. The molecule has 17 heavy (non-hydrogen) atoms. The number of urea groups is 1. The second kappa shape index (κ2) is 4.94. The van der Waals surface area contributed by atoms with Gasteiger partial charge in [-0.25, -0.2) is 4.79 Å². The van der Waals surface area contributed by atoms with Gasteiger partial charge in [-0.1, -0.05) is 0 Å². The normalized spacial score (nSPS) is 10.9. The van der Waals surface area contributed by atoms with Crippen molar-refractivity contribution in [3.63, 3.8) is 0 Å². The lowest BCUT2D eigenvalue weighted by Gasteiger charge is -2.13. The van der Waals surface area contributed by atoms with Crippen LogP contribution in [0.25, 0.3) is 0 Å². The summed E-state index contributed by atoms with van der Waals surface area (Å²) in [7, 11) is 2.66. The highest BCUT2D eigenvalue weighted by atomic mass is 19.4. The smallest absolute Gasteiger partial charge is 0.416 e. The molecule has 0 bridgehead atoms. The summed E-state index contributed by atoms with van der Waals surface area (Å²) < 4.78 is 42.2. The van der Waals surface area contributed by atoms with Crippen LogP contribution >= 0.6 is 0 Å². The Morgan fingerprint density at radius 3 is 2.47 bits per heavy atom. The number of alkyl halides is 3. The number of hydrogen-bond donors (Lipinski definition) is 2. The molecule has 94 valence electrons. The molecule has 7 heteroatoms. The molecule has 4 nitrogen and oxygen atoms in total. The van der Waals surface area contributed by atoms with Crippen molar-refractivity contribution in [2.75, 3.05) is 19.5 Å². The van der Waals surface area contributed by atoms with Crippen LogP contribution in [0.4, 0.5) is 23.7 Å². The zero-order valence-corrected chi connectivity index (χ0v) is 9.18. The van der Waals surface area contributed by atoms with E-state index in [2.05, 4.69) is 10.6 Å². The molecule has 0 atom stereocenters. The van der Waals surface area contributed by atoms with Gasteiger partial charge in [0.2, 0.25) is 0 Å². The number of rotatable bonds is 2. The average Bonchev–Trinajstić information content (AvgIpc) is 2.27. The molecule has 0 radical (unpaired) electrons. The Morgan fingerprint density at radius 1 is 1.35 bits per heavy atom. The molecule has 2 amide bonds. The lowest BCUT2D eigenvalue weighted by Crippen LogP contribution is -2.25. The van der Waals surface area contributed by atoms with Gasteiger partial charge >= 0.3 is 12.2 Å². The zero-order chi connectivity index (χ0) is 13.1. The van der Waals surface area contributed by atoms with E-state index in [0.717, 1.165) is 18.2 Å². The van der Waals surface area contributed by atoms with E-state index in [1.807, 2.05) is 0 Å². The average molecular weight is 248 g/mol. The van der Waals surface area contributed by atoms with Crippen LogP contribution in [0, 0.1) is 0 Å². The zero-order valence-electron chi connectivity index (χ0n) is 9.18. The van der Waals surface area contributed by atoms with Crippen molar-refractivity contribution < 1.29 is 22.7 Å². The first-order valence-electron chi connectivity index (χ1n) is 4.62. The highest BCUT2D eigenvalue weighted by Crippen LogP contribution is 2.34. The minimum absolute atomic E-state index is 0.0401. The maximum Gasteiger partial charge on any atom is 0.416 e. The van der Waals surface area contributed by atoms with E-state index >= 15 is 0 Å². The highest BCUT2D eigenvalue weighted by Gasteiger charge is 2.31. The number of carbonyl (C=O) groups is 1. The first-order valence-corrected chi connectivity index (χ1v) is 4.62. The molecular formula is C10H11F3N2O2. The van der Waals surface area contributed by atoms with Crippen molar-refractivity contribution in [1.29, 1.82) is 0 Å². The number of halogens is 3. The number of hydrogen-bond acceptors (Lipinski definition) is 2. The maximum absolute atomic E-state index is 12.5. The summed E-state index contributed by atoms with van der Waals surface area (Å²) >= 11 is 0. The molecule has 0 aromatic heterocycles. The van der Waals surface area contributed by atoms with E-state index < -0.39 is 17.8 Å². The Bertz CT molecular complexity index is 419. The van der Waals surface area contributed by atoms with Crippen LogP contribution < -0.4 is 15.4 Å². The summed E-state index contributed by atoms with van der Waals surface area (Å²) in [6, 6.07) is 2.22. The van der Waals surface area contributed by atoms with Gasteiger partial charge in [0.25, 0.3) is 0 Å². The molecule has 0 aliphatic rings. The fraction of sp³-hybridized carbons (Fsp3) is 0.300. The lowest BCUT2D eigenvalue weighted by atomic mass is 10.2. The number of anilines is 1. The third-order valence-corrected chi connectivity index (χ3v) is 2.00. The van der Waals surface area contributed by atoms with Crippen LogP contribution in [0.5, 0.6) is 5.75 Å². The van der Waals surface area contributed by atoms with Crippen LogP contribution in [0.1, 0.15) is 5.56 Å². The molecule has 1 aromatic carbocycles. The van der Waals surface area contributed by atoms with E-state index in [9.17, 15) is 18.0 Å². The van der Waals surface area contributed by atoms with Crippen molar-refractivity contribution in [2.45, 2.75) is 6.18 Å². The van der Waals surface area contributed by atoms with Gasteiger partial charge in [-0.05, 0) is 18.2 Å². The minimum Gasteiger partial charge on any atom is -0.495 e. The summed E-state index contributed by atoms with van der Waals surface area (Å²) in [5.74, 6) is 0.154. The number of ether oxygens (including phenoxy) is 1. The van der Waals surface area contributed by atoms with Crippen molar-refractivity contribution in [3.05, 3.63) is 23.8 Å². The predicted octanol–water partition coefficient (Wildman–Crippen LogP) is 2.47. The van der Waals surface area contributed by atoms with Crippen molar-refractivity contribution in [3.8, 4) is 5.75 Å². The number of benzene rings is 1. The van der Waals surface area contributed by atoms with E-state index in [1.165, 1.54) is 14.2 Å². The van der Waals surface area contributed by atoms with Gasteiger partial charge in [-0.15, -0.1) is 0 Å². The van der Waals surface area contributed by atoms with Gasteiger partial charge in [0.15, 0.2) is 0 Å². The quantitative estimate of drug-likeness (QED) is 0.844. The first kappa shape index (κ1) is 13.1. The largest absolute Gasteiger partial charge is 0.495 e. The number of amides is 2. The molecule has 2 N–H and O–H groups in total. The van der Waals surface area contributed by atoms with Crippen LogP contribution in [0.2, 0.25) is 0 Å². The summed E-state index contributed by atoms with van der Waals surface area (Å²) in [6.07, 6.45) is -4.47. The van der Waals surface area contributed by atoms with Gasteiger partial charge in [0.1, 0.15) is 5.75 Å². The fourth-order valence-corrected chi connectivity index (χ4v) is 1.17. The van der Waals surface area contributed by atoms with E-state index in [0.29, 0.717) is 0 Å². The summed E-state index contributed by atoms with van der Waals surface area (Å²) in [6.45, 7) is 0. The molecule has 0 saturated heterocycles. The highest BCUT2D eigenvalue weighted by molar-refractivity contribution is 5.90. The monoisotopic (exact) mass is 248 g/mol. The predicted molar refractivity (Wildman–Crippen MR) is 56.1 cm³/mol.